The molecular weight excluding hydrogens is 370 g/mol. The minimum atomic E-state index is -3.55. The summed E-state index contributed by atoms with van der Waals surface area (Å²) in [5.74, 6) is 0.268. The maximum absolute atomic E-state index is 12.8. The molecule has 0 aliphatic carbocycles. The van der Waals surface area contributed by atoms with Crippen molar-refractivity contribution in [2.45, 2.75) is 43.2 Å². The fraction of sp³-hybridized carbons (Fsp3) is 0.556. The number of imide groups is 1. The fourth-order valence-corrected chi connectivity index (χ4v) is 5.06. The summed E-state index contributed by atoms with van der Waals surface area (Å²) in [7, 11) is -2.02. The lowest BCUT2D eigenvalue weighted by atomic mass is 10.1. The average molecular weight is 395 g/mol. The maximum Gasteiger partial charge on any atom is 0.246 e. The first-order valence-electron chi connectivity index (χ1n) is 9.11. The van der Waals surface area contributed by atoms with Gasteiger partial charge in [-0.25, -0.2) is 8.42 Å². The Morgan fingerprint density at radius 2 is 1.78 bits per heavy atom. The number of hydrogen-bond acceptors (Lipinski definition) is 6. The van der Waals surface area contributed by atoms with Crippen molar-refractivity contribution in [2.24, 2.45) is 0 Å². The Balaban J connectivity index is 1.58. The van der Waals surface area contributed by atoms with Crippen LogP contribution in [0.25, 0.3) is 0 Å². The van der Waals surface area contributed by atoms with E-state index in [0.717, 1.165) is 0 Å². The Labute approximate surface area is 159 Å². The molecular formula is C18H25N3O5S. The quantitative estimate of drug-likeness (QED) is 0.708. The van der Waals surface area contributed by atoms with Crippen molar-refractivity contribution in [3.63, 3.8) is 0 Å². The van der Waals surface area contributed by atoms with Gasteiger partial charge in [0.15, 0.2) is 0 Å². The lowest BCUT2D eigenvalue weighted by molar-refractivity contribution is -0.138. The van der Waals surface area contributed by atoms with Gasteiger partial charge in [0, 0.05) is 25.7 Å². The van der Waals surface area contributed by atoms with Crippen LogP contribution < -0.4 is 10.1 Å². The number of rotatable bonds is 6. The molecule has 3 rings (SSSR count). The van der Waals surface area contributed by atoms with Crippen molar-refractivity contribution < 1.29 is 22.7 Å². The molecule has 9 heteroatoms. The number of carbonyl (C=O) groups is 2. The van der Waals surface area contributed by atoms with Gasteiger partial charge in [0.1, 0.15) is 5.75 Å². The number of nitrogens with zero attached hydrogens (tertiary/aromatic N) is 2. The van der Waals surface area contributed by atoms with Gasteiger partial charge < -0.3 is 10.1 Å². The summed E-state index contributed by atoms with van der Waals surface area (Å²) in [6.07, 6.45) is 1.37. The molecule has 0 radical (unpaired) electrons. The van der Waals surface area contributed by atoms with Gasteiger partial charge in [-0.3, -0.25) is 14.5 Å². The molecule has 0 spiro atoms. The van der Waals surface area contributed by atoms with Crippen LogP contribution >= 0.6 is 0 Å². The molecule has 0 aromatic heterocycles. The van der Waals surface area contributed by atoms with E-state index in [4.69, 9.17) is 4.74 Å². The van der Waals surface area contributed by atoms with E-state index < -0.39 is 16.1 Å². The molecule has 2 aliphatic rings. The van der Waals surface area contributed by atoms with Gasteiger partial charge in [-0.1, -0.05) is 0 Å². The molecule has 2 heterocycles. The van der Waals surface area contributed by atoms with E-state index in [1.807, 2.05) is 0 Å². The number of carbonyl (C=O) groups excluding carboxylic acids is 2. The number of ether oxygens (including phenoxy) is 1. The van der Waals surface area contributed by atoms with Crippen molar-refractivity contribution in [1.82, 2.24) is 14.5 Å². The van der Waals surface area contributed by atoms with E-state index >= 15 is 0 Å². The van der Waals surface area contributed by atoms with E-state index in [2.05, 4.69) is 5.32 Å². The second kappa shape index (κ2) is 7.95. The standard InChI is InChI=1S/C18H25N3O5S/c1-3-21-17(22)12-16(18(21)23)19-13-8-10-20(11-9-13)27(24,25)15-6-4-14(26-2)5-7-15/h4-7,13,16,19H,3,8-12H2,1-2H3. The summed E-state index contributed by atoms with van der Waals surface area (Å²) in [5, 5.41) is 3.24. The van der Waals surface area contributed by atoms with Crippen molar-refractivity contribution in [3.05, 3.63) is 24.3 Å². The van der Waals surface area contributed by atoms with Crippen LogP contribution in [0, 0.1) is 0 Å². The number of hydrogen-bond donors (Lipinski definition) is 1. The van der Waals surface area contributed by atoms with E-state index in [9.17, 15) is 18.0 Å². The van der Waals surface area contributed by atoms with Crippen LogP contribution in [0.2, 0.25) is 0 Å². The Morgan fingerprint density at radius 3 is 2.30 bits per heavy atom. The molecule has 1 aromatic rings. The lowest BCUT2D eigenvalue weighted by Crippen LogP contribution is -2.49. The molecule has 2 fully saturated rings. The highest BCUT2D eigenvalue weighted by molar-refractivity contribution is 7.89. The normalized spacial score (nSPS) is 22.4. The van der Waals surface area contributed by atoms with E-state index in [1.54, 1.807) is 31.2 Å². The van der Waals surface area contributed by atoms with E-state index in [-0.39, 0.29) is 29.2 Å². The van der Waals surface area contributed by atoms with E-state index in [1.165, 1.54) is 16.3 Å². The zero-order valence-electron chi connectivity index (χ0n) is 15.6. The Bertz CT molecular complexity index is 801. The van der Waals surface area contributed by atoms with Crippen molar-refractivity contribution in [2.75, 3.05) is 26.7 Å². The molecule has 1 atom stereocenters. The highest BCUT2D eigenvalue weighted by Gasteiger charge is 2.39. The maximum atomic E-state index is 12.8. The highest BCUT2D eigenvalue weighted by Crippen LogP contribution is 2.24. The van der Waals surface area contributed by atoms with Gasteiger partial charge in [-0.05, 0) is 44.0 Å². The third-order valence-electron chi connectivity index (χ3n) is 5.15. The molecule has 1 unspecified atom stereocenters. The molecule has 148 valence electrons. The van der Waals surface area contributed by atoms with Crippen LogP contribution in [0.3, 0.4) is 0 Å². The first-order valence-corrected chi connectivity index (χ1v) is 10.5. The number of sulfonamides is 1. The Hall–Kier alpha value is -1.97. The third-order valence-corrected chi connectivity index (χ3v) is 7.06. The molecule has 2 aliphatic heterocycles. The van der Waals surface area contributed by atoms with Crippen LogP contribution in [0.5, 0.6) is 5.75 Å². The fourth-order valence-electron chi connectivity index (χ4n) is 3.59. The van der Waals surface area contributed by atoms with Gasteiger partial charge in [0.2, 0.25) is 21.8 Å². The van der Waals surface area contributed by atoms with Crippen LogP contribution in [-0.4, -0.2) is 68.3 Å². The number of likely N-dealkylation sites (tertiary alicyclic amines) is 1. The molecule has 27 heavy (non-hydrogen) atoms. The number of amides is 2. The largest absolute Gasteiger partial charge is 0.497 e. The monoisotopic (exact) mass is 395 g/mol. The predicted molar refractivity (Wildman–Crippen MR) is 98.7 cm³/mol. The lowest BCUT2D eigenvalue weighted by Gasteiger charge is -2.32. The van der Waals surface area contributed by atoms with Gasteiger partial charge >= 0.3 is 0 Å². The molecule has 1 N–H and O–H groups in total. The minimum Gasteiger partial charge on any atom is -0.497 e. The number of methoxy groups -OCH3 is 1. The number of likely N-dealkylation sites (N-methyl/N-ethyl adjacent to an activating group) is 1. The zero-order chi connectivity index (χ0) is 19.6. The molecule has 2 saturated heterocycles. The number of benzene rings is 1. The molecule has 0 saturated carbocycles. The average Bonchev–Trinajstić information content (AvgIpc) is 2.94. The van der Waals surface area contributed by atoms with Gasteiger partial charge in [-0.2, -0.15) is 4.31 Å². The highest BCUT2D eigenvalue weighted by atomic mass is 32.2. The summed E-state index contributed by atoms with van der Waals surface area (Å²) in [6.45, 7) is 2.91. The second-order valence-electron chi connectivity index (χ2n) is 6.75. The van der Waals surface area contributed by atoms with Gasteiger partial charge in [0.25, 0.3) is 0 Å². The summed E-state index contributed by atoms with van der Waals surface area (Å²) >= 11 is 0. The number of piperidine rings is 1. The summed E-state index contributed by atoms with van der Waals surface area (Å²) in [4.78, 5) is 25.5. The first-order chi connectivity index (χ1) is 12.9. The zero-order valence-corrected chi connectivity index (χ0v) is 16.4. The van der Waals surface area contributed by atoms with E-state index in [0.29, 0.717) is 38.2 Å². The SMILES string of the molecule is CCN1C(=O)CC(NC2CCN(S(=O)(=O)c3ccc(OC)cc3)CC2)C1=O. The third kappa shape index (κ3) is 3.99. The molecule has 2 amide bonds. The van der Waals surface area contributed by atoms with Gasteiger partial charge in [0.05, 0.1) is 24.5 Å². The van der Waals surface area contributed by atoms with Crippen LogP contribution in [0.1, 0.15) is 26.2 Å². The van der Waals surface area contributed by atoms with Crippen molar-refractivity contribution in [3.8, 4) is 5.75 Å². The summed E-state index contributed by atoms with van der Waals surface area (Å²) < 4.78 is 32.1. The molecule has 8 nitrogen and oxygen atoms in total. The van der Waals surface area contributed by atoms with Crippen molar-refractivity contribution >= 4 is 21.8 Å². The first kappa shape index (κ1) is 19.8. The topological polar surface area (TPSA) is 96.0 Å². The summed E-state index contributed by atoms with van der Waals surface area (Å²) in [5.41, 5.74) is 0. The Morgan fingerprint density at radius 1 is 1.15 bits per heavy atom. The van der Waals surface area contributed by atoms with Gasteiger partial charge in [-0.15, -0.1) is 0 Å². The van der Waals surface area contributed by atoms with Crippen LogP contribution in [-0.2, 0) is 19.6 Å². The van der Waals surface area contributed by atoms with Crippen LogP contribution in [0.15, 0.2) is 29.2 Å². The van der Waals surface area contributed by atoms with Crippen LogP contribution in [0.4, 0.5) is 0 Å². The Kier molecular flexibility index (Phi) is 5.83. The number of nitrogens with one attached hydrogen (secondary N) is 1. The second-order valence-corrected chi connectivity index (χ2v) is 8.69. The minimum absolute atomic E-state index is 0.0193. The molecule has 1 aromatic carbocycles. The summed E-state index contributed by atoms with van der Waals surface area (Å²) in [6, 6.07) is 5.87. The predicted octanol–water partition coefficient (Wildman–Crippen LogP) is 0.585. The van der Waals surface area contributed by atoms with Crippen molar-refractivity contribution in [1.29, 1.82) is 0 Å². The molecule has 0 bridgehead atoms. The smallest absolute Gasteiger partial charge is 0.246 e.